The number of nitrogens with one attached hydrogen (secondary N) is 3. The molecule has 7 rings (SSSR count). The molecule has 3 N–H and O–H groups in total. The van der Waals surface area contributed by atoms with Gasteiger partial charge < -0.3 is 0 Å². The van der Waals surface area contributed by atoms with Gasteiger partial charge in [0.05, 0.1) is 0 Å². The van der Waals surface area contributed by atoms with Gasteiger partial charge in [-0.15, -0.1) is 90.5 Å². The number of hydrogen-bond acceptors (Lipinski definition) is 0. The number of H-pyrrole nitrogens is 3. The molecular weight excluding hydrogens is 598 g/mol. The number of benzene rings is 4. The predicted molar refractivity (Wildman–Crippen MR) is 173 cm³/mol. The van der Waals surface area contributed by atoms with Crippen LogP contribution in [0.4, 0.5) is 0 Å². The number of aromatic amines is 3. The number of pyridine rings is 3. The van der Waals surface area contributed by atoms with Crippen molar-refractivity contribution >= 4 is 45.5 Å². The summed E-state index contributed by atoms with van der Waals surface area (Å²) in [5, 5.41) is 0. The van der Waals surface area contributed by atoms with Crippen molar-refractivity contribution in [2.75, 3.05) is 0 Å². The van der Waals surface area contributed by atoms with E-state index in [4.69, 9.17) is 0 Å². The quantitative estimate of drug-likeness (QED) is 0.146. The molecule has 0 aliphatic rings. The zero-order chi connectivity index (χ0) is 28.7. The third-order valence-electron chi connectivity index (χ3n) is 6.32. The van der Waals surface area contributed by atoms with Crippen molar-refractivity contribution in [3.05, 3.63) is 188 Å². The summed E-state index contributed by atoms with van der Waals surface area (Å²) in [6.45, 7) is 0. The first-order valence-electron chi connectivity index (χ1n) is 13.8. The van der Waals surface area contributed by atoms with Crippen molar-refractivity contribution in [3.8, 4) is 44.9 Å². The molecule has 3 nitrogen and oxygen atoms in total. The second kappa shape index (κ2) is 17.7. The zero-order valence-electron chi connectivity index (χ0n) is 23.9. The predicted octanol–water partition coefficient (Wildman–Crippen LogP) is 7.19. The van der Waals surface area contributed by atoms with E-state index in [1.807, 2.05) is 128 Å². The first-order chi connectivity index (χ1) is 20.9. The average molecular weight is 629 g/mol. The van der Waals surface area contributed by atoms with Crippen molar-refractivity contribution in [2.24, 2.45) is 0 Å². The fourth-order valence-corrected chi connectivity index (χ4v) is 4.24. The van der Waals surface area contributed by atoms with E-state index in [0.717, 1.165) is 33.8 Å². The molecule has 4 heteroatoms. The zero-order valence-corrected chi connectivity index (χ0v) is 27.3. The number of aromatic nitrogens is 3. The second-order valence-corrected chi connectivity index (χ2v) is 9.24. The maximum atomic E-state index is 3.26. The van der Waals surface area contributed by atoms with E-state index in [1.165, 1.54) is 11.1 Å². The topological polar surface area (TPSA) is 42.4 Å². The van der Waals surface area contributed by atoms with E-state index >= 15 is 0 Å². The SMILES string of the molecule is [Sr+2].[c-]1ccc(-c2ccccc2)cc1-c1cccc[nH+]1.[c-]1ccccc1-c1cccc[nH+]1.[c-]1ccccc1-c1cccc[nH+]1. The summed E-state index contributed by atoms with van der Waals surface area (Å²) in [4.78, 5) is 9.54. The van der Waals surface area contributed by atoms with Crippen LogP contribution in [-0.2, 0) is 0 Å². The van der Waals surface area contributed by atoms with Gasteiger partial charge in [0, 0.05) is 18.2 Å². The standard InChI is InChI=1S/C17H12N.2C11H8N.Sr/c1-2-7-14(8-3-1)15-9-6-10-16(13-15)17-11-4-5-12-18-17;2*1-2-6-10(7-3-1)11-8-4-5-9-12-11;/h1-9,11-13H;2*1-6,8-9H;/q3*-1;+2/p+3. The monoisotopic (exact) mass is 629 g/mol. The fourth-order valence-electron chi connectivity index (χ4n) is 4.24. The smallest absolute Gasteiger partial charge is 0.251 e. The molecule has 0 unspecified atom stereocenters. The molecule has 3 heterocycles. The van der Waals surface area contributed by atoms with Crippen LogP contribution in [0.2, 0.25) is 0 Å². The van der Waals surface area contributed by atoms with Crippen LogP contribution in [0.5, 0.6) is 0 Å². The van der Waals surface area contributed by atoms with E-state index in [9.17, 15) is 0 Å². The molecular formula is C39H31N3Sr+2. The maximum absolute atomic E-state index is 3.26. The molecule has 0 spiro atoms. The van der Waals surface area contributed by atoms with Gasteiger partial charge in [0.1, 0.15) is 17.1 Å². The number of hydrogen-bond donors (Lipinski definition) is 0. The molecule has 0 saturated carbocycles. The van der Waals surface area contributed by atoms with E-state index in [0.29, 0.717) is 0 Å². The minimum Gasteiger partial charge on any atom is -0.251 e. The Hall–Kier alpha value is -4.19. The summed E-state index contributed by atoms with van der Waals surface area (Å²) in [6, 6.07) is 60.1. The molecule has 202 valence electrons. The largest absolute Gasteiger partial charge is 2.00 e. The molecule has 3 aromatic heterocycles. The van der Waals surface area contributed by atoms with Gasteiger partial charge in [-0.1, -0.05) is 65.2 Å². The molecule has 4 aromatic carbocycles. The molecule has 0 fully saturated rings. The second-order valence-electron chi connectivity index (χ2n) is 9.24. The number of rotatable bonds is 4. The molecule has 0 atom stereocenters. The van der Waals surface area contributed by atoms with Gasteiger partial charge >= 0.3 is 45.5 Å². The van der Waals surface area contributed by atoms with Gasteiger partial charge in [0.25, 0.3) is 0 Å². The van der Waals surface area contributed by atoms with E-state index in [-0.39, 0.29) is 45.5 Å². The van der Waals surface area contributed by atoms with Crippen LogP contribution in [0.25, 0.3) is 44.9 Å². The van der Waals surface area contributed by atoms with E-state index in [2.05, 4.69) is 75.6 Å². The minimum atomic E-state index is 0. The van der Waals surface area contributed by atoms with Crippen molar-refractivity contribution in [1.29, 1.82) is 0 Å². The van der Waals surface area contributed by atoms with Gasteiger partial charge in [-0.3, -0.25) is 15.0 Å². The normalized spacial score (nSPS) is 9.67. The van der Waals surface area contributed by atoms with Gasteiger partial charge in [-0.2, -0.15) is 0 Å². The van der Waals surface area contributed by atoms with Crippen molar-refractivity contribution in [1.82, 2.24) is 0 Å². The van der Waals surface area contributed by atoms with Crippen molar-refractivity contribution in [3.63, 3.8) is 0 Å². The van der Waals surface area contributed by atoms with Crippen LogP contribution in [0.3, 0.4) is 0 Å². The Labute approximate surface area is 291 Å². The Bertz CT molecular complexity index is 1530. The van der Waals surface area contributed by atoms with Gasteiger partial charge in [-0.05, 0) is 23.8 Å². The van der Waals surface area contributed by atoms with Gasteiger partial charge in [-0.25, -0.2) is 0 Å². The van der Waals surface area contributed by atoms with Crippen molar-refractivity contribution in [2.45, 2.75) is 0 Å². The van der Waals surface area contributed by atoms with Crippen LogP contribution in [-0.4, -0.2) is 45.5 Å². The van der Waals surface area contributed by atoms with Crippen LogP contribution in [0.15, 0.2) is 170 Å². The minimum absolute atomic E-state index is 0. The summed E-state index contributed by atoms with van der Waals surface area (Å²) in [6.07, 6.45) is 5.75. The summed E-state index contributed by atoms with van der Waals surface area (Å²) in [5.41, 5.74) is 8.98. The van der Waals surface area contributed by atoms with Crippen LogP contribution >= 0.6 is 0 Å². The van der Waals surface area contributed by atoms with Crippen LogP contribution in [0.1, 0.15) is 0 Å². The summed E-state index contributed by atoms with van der Waals surface area (Å²) < 4.78 is 0. The fraction of sp³-hybridized carbons (Fsp3) is 0. The summed E-state index contributed by atoms with van der Waals surface area (Å²) >= 11 is 0. The Morgan fingerprint density at radius 1 is 0.349 bits per heavy atom. The molecule has 0 aliphatic carbocycles. The molecule has 0 radical (unpaired) electrons. The van der Waals surface area contributed by atoms with Gasteiger partial charge in [0.2, 0.25) is 0 Å². The Morgan fingerprint density at radius 3 is 1.23 bits per heavy atom. The van der Waals surface area contributed by atoms with E-state index < -0.39 is 0 Å². The summed E-state index contributed by atoms with van der Waals surface area (Å²) in [5.74, 6) is 0. The molecule has 0 saturated heterocycles. The first kappa shape index (κ1) is 31.7. The van der Waals surface area contributed by atoms with Gasteiger partial charge in [0.15, 0.2) is 18.6 Å². The molecule has 0 aliphatic heterocycles. The Balaban J connectivity index is 0.000000151. The van der Waals surface area contributed by atoms with E-state index in [1.54, 1.807) is 0 Å². The molecule has 0 amide bonds. The van der Waals surface area contributed by atoms with Crippen molar-refractivity contribution < 1.29 is 15.0 Å². The third kappa shape index (κ3) is 9.95. The summed E-state index contributed by atoms with van der Waals surface area (Å²) in [7, 11) is 0. The Morgan fingerprint density at radius 2 is 0.791 bits per heavy atom. The maximum Gasteiger partial charge on any atom is 2.00 e. The molecule has 43 heavy (non-hydrogen) atoms. The van der Waals surface area contributed by atoms with Crippen LogP contribution < -0.4 is 15.0 Å². The third-order valence-corrected chi connectivity index (χ3v) is 6.32. The van der Waals surface area contributed by atoms with Crippen LogP contribution in [0, 0.1) is 18.2 Å². The molecule has 7 aromatic rings. The Kier molecular flexibility index (Phi) is 13.1. The average Bonchev–Trinajstić information content (AvgIpc) is 3.11. The first-order valence-corrected chi connectivity index (χ1v) is 13.8. The molecule has 0 bridgehead atoms.